The van der Waals surface area contributed by atoms with E-state index in [2.05, 4.69) is 0 Å². The maximum Gasteiger partial charge on any atom is 0.531 e. The number of hydrogen-bond acceptors (Lipinski definition) is 5. The fourth-order valence-electron chi connectivity index (χ4n) is 2.25. The second kappa shape index (κ2) is 5.29. The van der Waals surface area contributed by atoms with E-state index in [9.17, 15) is 9.59 Å². The minimum Gasteiger partial charge on any atom is -0.451 e. The first kappa shape index (κ1) is 13.8. The predicted molar refractivity (Wildman–Crippen MR) is 82.2 cm³/mol. The fourth-order valence-corrected chi connectivity index (χ4v) is 4.03. The summed E-state index contributed by atoms with van der Waals surface area (Å²) < 4.78 is 10.8. The molecule has 2 N–H and O–H groups in total. The molecule has 0 fully saturated rings. The summed E-state index contributed by atoms with van der Waals surface area (Å²) in [5.74, 6) is 0.661. The Hall–Kier alpha value is -2.21. The summed E-state index contributed by atoms with van der Waals surface area (Å²) >= 11 is 0. The average molecular weight is 304 g/mol. The third-order valence-electron chi connectivity index (χ3n) is 3.12. The summed E-state index contributed by atoms with van der Waals surface area (Å²) in [4.78, 5) is 25.2. The molecule has 1 aromatic carbocycles. The van der Waals surface area contributed by atoms with Crippen LogP contribution >= 0.6 is 0 Å². The van der Waals surface area contributed by atoms with Gasteiger partial charge in [-0.25, -0.2) is 0 Å². The minimum atomic E-state index is -1.02. The van der Waals surface area contributed by atoms with E-state index >= 15 is 0 Å². The Morgan fingerprint density at radius 2 is 2.19 bits per heavy atom. The van der Waals surface area contributed by atoms with Crippen molar-refractivity contribution in [3.63, 3.8) is 0 Å². The molecule has 1 unspecified atom stereocenters. The fraction of sp³-hybridized carbons (Fsp3) is 0.200. The summed E-state index contributed by atoms with van der Waals surface area (Å²) in [6.45, 7) is 1.99. The van der Waals surface area contributed by atoms with Crippen molar-refractivity contribution in [1.82, 2.24) is 0 Å². The SMILES string of the molecule is CCOC(=O)[S+]1CC(N)=Cc2oc3ccccc3c(=O)c21. The van der Waals surface area contributed by atoms with Gasteiger partial charge in [0.25, 0.3) is 4.90 Å². The van der Waals surface area contributed by atoms with E-state index in [-0.39, 0.29) is 12.0 Å². The number of para-hydroxylation sites is 1. The van der Waals surface area contributed by atoms with Crippen molar-refractivity contribution in [2.75, 3.05) is 12.4 Å². The Morgan fingerprint density at radius 3 is 2.95 bits per heavy atom. The molecule has 1 aliphatic rings. The van der Waals surface area contributed by atoms with E-state index in [1.165, 1.54) is 0 Å². The van der Waals surface area contributed by atoms with Gasteiger partial charge in [-0.1, -0.05) is 12.1 Å². The lowest BCUT2D eigenvalue weighted by Crippen LogP contribution is -2.32. The van der Waals surface area contributed by atoms with Gasteiger partial charge < -0.3 is 14.9 Å². The van der Waals surface area contributed by atoms with Gasteiger partial charge in [0.15, 0.2) is 22.4 Å². The normalized spacial score (nSPS) is 17.2. The van der Waals surface area contributed by atoms with Gasteiger partial charge >= 0.3 is 5.30 Å². The molecule has 21 heavy (non-hydrogen) atoms. The van der Waals surface area contributed by atoms with Crippen LogP contribution in [0.2, 0.25) is 0 Å². The van der Waals surface area contributed by atoms with Crippen molar-refractivity contribution in [3.05, 3.63) is 45.9 Å². The Morgan fingerprint density at radius 1 is 1.43 bits per heavy atom. The molecule has 1 aromatic heterocycles. The van der Waals surface area contributed by atoms with E-state index in [1.807, 2.05) is 0 Å². The quantitative estimate of drug-likeness (QED) is 0.645. The summed E-state index contributed by atoms with van der Waals surface area (Å²) in [5, 5.41) is 0.0456. The first-order chi connectivity index (χ1) is 10.1. The van der Waals surface area contributed by atoms with Gasteiger partial charge in [0, 0.05) is 6.08 Å². The van der Waals surface area contributed by atoms with Crippen molar-refractivity contribution in [2.45, 2.75) is 11.8 Å². The smallest absolute Gasteiger partial charge is 0.451 e. The van der Waals surface area contributed by atoms with Gasteiger partial charge in [-0.3, -0.25) is 4.79 Å². The molecule has 3 rings (SSSR count). The second-order valence-electron chi connectivity index (χ2n) is 4.56. The zero-order valence-electron chi connectivity index (χ0n) is 11.4. The highest BCUT2D eigenvalue weighted by Gasteiger charge is 2.43. The third-order valence-corrected chi connectivity index (χ3v) is 5.14. The number of ether oxygens (including phenoxy) is 1. The van der Waals surface area contributed by atoms with Crippen molar-refractivity contribution in [2.24, 2.45) is 5.73 Å². The number of fused-ring (bicyclic) bond motifs is 2. The minimum absolute atomic E-state index is 0.188. The van der Waals surface area contributed by atoms with Gasteiger partial charge in [-0.15, -0.1) is 0 Å². The molecule has 0 spiro atoms. The Labute approximate surface area is 123 Å². The van der Waals surface area contributed by atoms with Crippen molar-refractivity contribution >= 4 is 33.2 Å². The van der Waals surface area contributed by atoms with Crippen LogP contribution in [-0.4, -0.2) is 17.7 Å². The predicted octanol–water partition coefficient (Wildman–Crippen LogP) is 2.24. The number of rotatable bonds is 1. The molecule has 108 valence electrons. The van der Waals surface area contributed by atoms with Gasteiger partial charge in [0.2, 0.25) is 5.43 Å². The zero-order chi connectivity index (χ0) is 15.0. The number of hydrogen-bond donors (Lipinski definition) is 1. The van der Waals surface area contributed by atoms with Crippen molar-refractivity contribution in [3.8, 4) is 0 Å². The van der Waals surface area contributed by atoms with E-state index in [0.717, 1.165) is 0 Å². The van der Waals surface area contributed by atoms with E-state index in [4.69, 9.17) is 14.9 Å². The number of carbonyl (C=O) groups is 1. The molecule has 5 nitrogen and oxygen atoms in total. The van der Waals surface area contributed by atoms with Gasteiger partial charge in [-0.2, -0.15) is 4.79 Å². The molecule has 2 heterocycles. The largest absolute Gasteiger partial charge is 0.531 e. The second-order valence-corrected chi connectivity index (χ2v) is 6.37. The van der Waals surface area contributed by atoms with Gasteiger partial charge in [0.1, 0.15) is 5.58 Å². The molecule has 1 atom stereocenters. The topological polar surface area (TPSA) is 82.5 Å². The van der Waals surface area contributed by atoms with E-state index in [1.54, 1.807) is 37.3 Å². The first-order valence-electron chi connectivity index (χ1n) is 6.51. The zero-order valence-corrected chi connectivity index (χ0v) is 12.2. The van der Waals surface area contributed by atoms with Crippen LogP contribution in [0.1, 0.15) is 12.7 Å². The van der Waals surface area contributed by atoms with Crippen LogP contribution in [0, 0.1) is 0 Å². The highest BCUT2D eigenvalue weighted by molar-refractivity contribution is 8.10. The number of carbonyl (C=O) groups excluding carboxylic acids is 1. The third kappa shape index (κ3) is 2.31. The molecule has 0 aliphatic carbocycles. The summed E-state index contributed by atoms with van der Waals surface area (Å²) in [6, 6.07) is 6.97. The molecular weight excluding hydrogens is 290 g/mol. The molecule has 0 saturated carbocycles. The molecule has 6 heteroatoms. The van der Waals surface area contributed by atoms with Gasteiger partial charge in [0.05, 0.1) is 17.7 Å². The van der Waals surface area contributed by atoms with E-state index in [0.29, 0.717) is 33.1 Å². The summed E-state index contributed by atoms with van der Waals surface area (Å²) in [7, 11) is -1.02. The highest BCUT2D eigenvalue weighted by atomic mass is 32.2. The highest BCUT2D eigenvalue weighted by Crippen LogP contribution is 2.28. The van der Waals surface area contributed by atoms with Crippen LogP contribution in [0.25, 0.3) is 17.0 Å². The van der Waals surface area contributed by atoms with Gasteiger partial charge in [-0.05, 0) is 19.1 Å². The van der Waals surface area contributed by atoms with Crippen molar-refractivity contribution < 1.29 is 13.9 Å². The van der Waals surface area contributed by atoms with Crippen LogP contribution in [0.4, 0.5) is 4.79 Å². The molecule has 0 radical (unpaired) electrons. The van der Waals surface area contributed by atoms with Crippen LogP contribution in [-0.2, 0) is 15.6 Å². The molecule has 0 amide bonds. The Balaban J connectivity index is 2.26. The van der Waals surface area contributed by atoms with Crippen LogP contribution in [0.3, 0.4) is 0 Å². The lowest BCUT2D eigenvalue weighted by molar-refractivity contribution is 0.180. The van der Waals surface area contributed by atoms with Crippen LogP contribution in [0.5, 0.6) is 0 Å². The monoisotopic (exact) mass is 304 g/mol. The molecule has 2 aromatic rings. The van der Waals surface area contributed by atoms with Crippen LogP contribution < -0.4 is 11.2 Å². The lowest BCUT2D eigenvalue weighted by atomic mass is 10.2. The Bertz CT molecular complexity index is 809. The molecule has 0 bridgehead atoms. The Kier molecular flexibility index (Phi) is 3.47. The maximum atomic E-state index is 12.7. The van der Waals surface area contributed by atoms with Crippen LogP contribution in [0.15, 0.2) is 44.1 Å². The molecular formula is C15H14NO4S+. The maximum absolute atomic E-state index is 12.7. The number of benzene rings is 1. The van der Waals surface area contributed by atoms with Crippen molar-refractivity contribution in [1.29, 1.82) is 0 Å². The molecule has 1 aliphatic heterocycles. The number of nitrogens with two attached hydrogens (primary N) is 1. The first-order valence-corrected chi connectivity index (χ1v) is 7.90. The summed E-state index contributed by atoms with van der Waals surface area (Å²) in [6.07, 6.45) is 1.62. The standard InChI is InChI=1S/C15H13NO4S/c1-2-19-15(18)21-8-9(16)7-12-14(21)13(17)10-5-3-4-6-11(10)20-12/h3-7H,2,8H2,1H3,(H-,16,17)/p+1. The summed E-state index contributed by atoms with van der Waals surface area (Å²) in [5.41, 5.74) is 6.68. The average Bonchev–Trinajstić information content (AvgIpc) is 2.46. The van der Waals surface area contributed by atoms with E-state index < -0.39 is 16.2 Å². The lowest BCUT2D eigenvalue weighted by Gasteiger charge is -2.13. The molecule has 0 saturated heterocycles.